The van der Waals surface area contributed by atoms with Crippen molar-refractivity contribution in [1.82, 2.24) is 25.0 Å². The minimum Gasteiger partial charge on any atom is -0.349 e. The number of likely N-dealkylation sites (tertiary alicyclic amines) is 1. The van der Waals surface area contributed by atoms with Gasteiger partial charge in [-0.3, -0.25) is 14.7 Å². The Morgan fingerprint density at radius 1 is 1.03 bits per heavy atom. The number of nitrogens with zero attached hydrogens (tertiary/aromatic N) is 4. The summed E-state index contributed by atoms with van der Waals surface area (Å²) in [5.74, 6) is -0.435. The molecule has 2 aromatic heterocycles. The molecule has 1 aliphatic heterocycles. The third-order valence-electron chi connectivity index (χ3n) is 6.66. The second-order valence-corrected chi connectivity index (χ2v) is 8.96. The number of rotatable bonds is 6. The highest BCUT2D eigenvalue weighted by Crippen LogP contribution is 2.25. The van der Waals surface area contributed by atoms with E-state index in [9.17, 15) is 9.18 Å². The first-order valence-electron chi connectivity index (χ1n) is 11.9. The number of nitrogens with one attached hydrogen (secondary N) is 1. The number of pyridine rings is 1. The summed E-state index contributed by atoms with van der Waals surface area (Å²) in [6.07, 6.45) is 7.35. The van der Waals surface area contributed by atoms with Gasteiger partial charge in [-0.25, -0.2) is 9.07 Å². The summed E-state index contributed by atoms with van der Waals surface area (Å²) in [6.45, 7) is 4.01. The molecule has 0 spiro atoms. The number of hydrogen-bond acceptors (Lipinski definition) is 4. The van der Waals surface area contributed by atoms with E-state index >= 15 is 0 Å². The maximum absolute atomic E-state index is 13.5. The molecule has 1 atom stereocenters. The van der Waals surface area contributed by atoms with Crippen LogP contribution in [-0.4, -0.2) is 44.7 Å². The number of piperidine rings is 1. The Morgan fingerprint density at radius 3 is 2.54 bits per heavy atom. The number of amides is 1. The summed E-state index contributed by atoms with van der Waals surface area (Å²) in [4.78, 5) is 19.5. The van der Waals surface area contributed by atoms with E-state index in [1.54, 1.807) is 30.5 Å². The van der Waals surface area contributed by atoms with Crippen molar-refractivity contribution in [3.8, 4) is 16.9 Å². The second-order valence-electron chi connectivity index (χ2n) is 8.96. The standard InChI is InChI=1S/C28H28FN5O/c1-20(23-18-31-34(19-23)26-8-3-2-4-9-26)33-14-12-25(13-15-33)32-28(35)22-10-11-27(30-17-22)21-6-5-7-24(29)16-21/h2-11,16-20,25H,12-15H2,1H3,(H,32,35). The Balaban J connectivity index is 1.14. The van der Waals surface area contributed by atoms with Crippen molar-refractivity contribution >= 4 is 5.91 Å². The number of carbonyl (C=O) groups is 1. The molecule has 7 heteroatoms. The van der Waals surface area contributed by atoms with Crippen molar-refractivity contribution in [2.45, 2.75) is 31.8 Å². The van der Waals surface area contributed by atoms with E-state index in [0.29, 0.717) is 16.8 Å². The first-order chi connectivity index (χ1) is 17.1. The summed E-state index contributed by atoms with van der Waals surface area (Å²) in [5, 5.41) is 7.67. The van der Waals surface area contributed by atoms with Crippen LogP contribution < -0.4 is 5.32 Å². The largest absolute Gasteiger partial charge is 0.349 e. The Morgan fingerprint density at radius 2 is 1.83 bits per heavy atom. The van der Waals surface area contributed by atoms with Crippen LogP contribution in [0.5, 0.6) is 0 Å². The lowest BCUT2D eigenvalue weighted by molar-refractivity contribution is 0.0895. The van der Waals surface area contributed by atoms with E-state index in [4.69, 9.17) is 0 Å². The molecule has 1 N–H and O–H groups in total. The molecular weight excluding hydrogens is 441 g/mol. The lowest BCUT2D eigenvalue weighted by Gasteiger charge is -2.36. The molecule has 5 rings (SSSR count). The van der Waals surface area contributed by atoms with Gasteiger partial charge in [-0.15, -0.1) is 0 Å². The highest BCUT2D eigenvalue weighted by molar-refractivity contribution is 5.94. The van der Waals surface area contributed by atoms with Gasteiger partial charge in [0.05, 0.1) is 23.1 Å². The average Bonchev–Trinajstić information content (AvgIpc) is 3.40. The zero-order chi connectivity index (χ0) is 24.2. The summed E-state index contributed by atoms with van der Waals surface area (Å²) in [5.41, 5.74) is 4.06. The maximum atomic E-state index is 13.5. The smallest absolute Gasteiger partial charge is 0.253 e. The predicted octanol–water partition coefficient (Wildman–Crippen LogP) is 5.03. The van der Waals surface area contributed by atoms with Crippen LogP contribution in [-0.2, 0) is 0 Å². The molecule has 1 unspecified atom stereocenters. The fourth-order valence-corrected chi connectivity index (χ4v) is 4.53. The van der Waals surface area contributed by atoms with E-state index in [-0.39, 0.29) is 23.8 Å². The van der Waals surface area contributed by atoms with Crippen LogP contribution in [0.1, 0.15) is 41.7 Å². The molecule has 0 saturated carbocycles. The normalized spacial score (nSPS) is 15.6. The highest BCUT2D eigenvalue weighted by atomic mass is 19.1. The first kappa shape index (κ1) is 22.9. The molecule has 1 amide bonds. The number of halogens is 1. The molecule has 178 valence electrons. The molecule has 2 aromatic carbocycles. The lowest BCUT2D eigenvalue weighted by atomic mass is 10.0. The zero-order valence-electron chi connectivity index (χ0n) is 19.6. The summed E-state index contributed by atoms with van der Waals surface area (Å²) >= 11 is 0. The van der Waals surface area contributed by atoms with E-state index in [2.05, 4.69) is 33.4 Å². The average molecular weight is 470 g/mol. The molecule has 1 saturated heterocycles. The number of benzene rings is 2. The van der Waals surface area contributed by atoms with Gasteiger partial charge in [0.25, 0.3) is 5.91 Å². The monoisotopic (exact) mass is 469 g/mol. The fraction of sp³-hybridized carbons (Fsp3) is 0.250. The van der Waals surface area contributed by atoms with E-state index in [1.165, 1.54) is 17.7 Å². The van der Waals surface area contributed by atoms with Crippen LogP contribution in [0.25, 0.3) is 16.9 Å². The van der Waals surface area contributed by atoms with Crippen molar-refractivity contribution in [3.63, 3.8) is 0 Å². The number of carbonyl (C=O) groups excluding carboxylic acids is 1. The molecular formula is C28H28FN5O. The van der Waals surface area contributed by atoms with Gasteiger partial charge in [0, 0.05) is 48.7 Å². The van der Waals surface area contributed by atoms with Crippen LogP contribution in [0.3, 0.4) is 0 Å². The molecule has 0 bridgehead atoms. The van der Waals surface area contributed by atoms with Gasteiger partial charge in [0.1, 0.15) is 5.82 Å². The number of aromatic nitrogens is 3. The van der Waals surface area contributed by atoms with Crippen molar-refractivity contribution in [2.75, 3.05) is 13.1 Å². The minimum absolute atomic E-state index is 0.126. The van der Waals surface area contributed by atoms with E-state index in [0.717, 1.165) is 31.6 Å². The molecule has 3 heterocycles. The molecule has 1 aliphatic rings. The van der Waals surface area contributed by atoms with Gasteiger partial charge in [-0.2, -0.15) is 5.10 Å². The Labute approximate surface area is 204 Å². The van der Waals surface area contributed by atoms with Gasteiger partial charge in [-0.1, -0.05) is 30.3 Å². The molecule has 6 nitrogen and oxygen atoms in total. The van der Waals surface area contributed by atoms with Gasteiger partial charge in [-0.05, 0) is 56.2 Å². The third-order valence-corrected chi connectivity index (χ3v) is 6.66. The zero-order valence-corrected chi connectivity index (χ0v) is 19.6. The molecule has 1 fully saturated rings. The second kappa shape index (κ2) is 10.2. The van der Waals surface area contributed by atoms with Crippen molar-refractivity contribution in [2.24, 2.45) is 0 Å². The van der Waals surface area contributed by atoms with Crippen LogP contribution >= 0.6 is 0 Å². The Hall–Kier alpha value is -3.84. The van der Waals surface area contributed by atoms with Gasteiger partial charge in [0.15, 0.2) is 0 Å². The molecule has 35 heavy (non-hydrogen) atoms. The van der Waals surface area contributed by atoms with Crippen LogP contribution in [0.2, 0.25) is 0 Å². The van der Waals surface area contributed by atoms with Crippen molar-refractivity contribution in [1.29, 1.82) is 0 Å². The first-order valence-corrected chi connectivity index (χ1v) is 11.9. The number of para-hydroxylation sites is 1. The van der Waals surface area contributed by atoms with Crippen LogP contribution in [0.4, 0.5) is 4.39 Å². The Kier molecular flexibility index (Phi) is 6.68. The SMILES string of the molecule is CC(c1cnn(-c2ccccc2)c1)N1CCC(NC(=O)c2ccc(-c3cccc(F)c3)nc2)CC1. The summed E-state index contributed by atoms with van der Waals surface area (Å²) < 4.78 is 15.4. The molecule has 0 radical (unpaired) electrons. The number of hydrogen-bond donors (Lipinski definition) is 1. The molecule has 4 aromatic rings. The van der Waals surface area contributed by atoms with Gasteiger partial charge >= 0.3 is 0 Å². The quantitative estimate of drug-likeness (QED) is 0.430. The summed E-state index contributed by atoms with van der Waals surface area (Å²) in [7, 11) is 0. The van der Waals surface area contributed by atoms with Crippen LogP contribution in [0.15, 0.2) is 85.3 Å². The maximum Gasteiger partial charge on any atom is 0.253 e. The lowest BCUT2D eigenvalue weighted by Crippen LogP contribution is -2.45. The van der Waals surface area contributed by atoms with Gasteiger partial charge < -0.3 is 5.32 Å². The Bertz CT molecular complexity index is 1280. The fourth-order valence-electron chi connectivity index (χ4n) is 4.53. The van der Waals surface area contributed by atoms with Gasteiger partial charge in [0.2, 0.25) is 0 Å². The third kappa shape index (κ3) is 5.30. The topological polar surface area (TPSA) is 63.1 Å². The highest BCUT2D eigenvalue weighted by Gasteiger charge is 2.25. The van der Waals surface area contributed by atoms with Crippen molar-refractivity contribution in [3.05, 3.63) is 102 Å². The van der Waals surface area contributed by atoms with E-state index in [1.807, 2.05) is 41.2 Å². The predicted molar refractivity (Wildman–Crippen MR) is 134 cm³/mol. The minimum atomic E-state index is -0.309. The van der Waals surface area contributed by atoms with Crippen molar-refractivity contribution < 1.29 is 9.18 Å². The summed E-state index contributed by atoms with van der Waals surface area (Å²) in [6, 6.07) is 20.2. The van der Waals surface area contributed by atoms with Crippen LogP contribution in [0, 0.1) is 5.82 Å². The molecule has 0 aliphatic carbocycles. The van der Waals surface area contributed by atoms with E-state index < -0.39 is 0 Å².